The van der Waals surface area contributed by atoms with Crippen LogP contribution >= 0.6 is 0 Å². The highest BCUT2D eigenvalue weighted by Gasteiger charge is 2.16. The van der Waals surface area contributed by atoms with Crippen LogP contribution in [0.4, 0.5) is 0 Å². The minimum Gasteiger partial charge on any atom is -0.350 e. The zero-order chi connectivity index (χ0) is 18.8. The van der Waals surface area contributed by atoms with E-state index in [0.29, 0.717) is 12.8 Å². The van der Waals surface area contributed by atoms with Crippen LogP contribution in [0.3, 0.4) is 0 Å². The van der Waals surface area contributed by atoms with E-state index in [-0.39, 0.29) is 11.9 Å². The minimum absolute atomic E-state index is 0.0307. The van der Waals surface area contributed by atoms with Crippen LogP contribution in [-0.4, -0.2) is 25.7 Å². The van der Waals surface area contributed by atoms with Gasteiger partial charge in [-0.3, -0.25) is 14.5 Å². The van der Waals surface area contributed by atoms with Crippen molar-refractivity contribution >= 4 is 16.9 Å². The van der Waals surface area contributed by atoms with E-state index in [2.05, 4.69) is 22.3 Å². The highest BCUT2D eigenvalue weighted by molar-refractivity contribution is 5.84. The summed E-state index contributed by atoms with van der Waals surface area (Å²) in [6.07, 6.45) is 4.61. The number of carbonyl (C=O) groups excluding carboxylic acids is 1. The number of hydrogen-bond donors (Lipinski definition) is 1. The van der Waals surface area contributed by atoms with Crippen molar-refractivity contribution in [2.24, 2.45) is 7.05 Å². The third-order valence-corrected chi connectivity index (χ3v) is 4.89. The van der Waals surface area contributed by atoms with Crippen LogP contribution in [0.15, 0.2) is 24.5 Å². The first-order valence-corrected chi connectivity index (χ1v) is 8.87. The van der Waals surface area contributed by atoms with Gasteiger partial charge in [0.1, 0.15) is 0 Å². The topological polar surface area (TPSA) is 72.7 Å². The summed E-state index contributed by atoms with van der Waals surface area (Å²) in [4.78, 5) is 21.2. The Morgan fingerprint density at radius 1 is 1.27 bits per heavy atom. The molecule has 1 amide bonds. The van der Waals surface area contributed by atoms with E-state index in [4.69, 9.17) is 4.98 Å². The fourth-order valence-electron chi connectivity index (χ4n) is 3.50. The second-order valence-electron chi connectivity index (χ2n) is 6.78. The first-order valence-electron chi connectivity index (χ1n) is 8.87. The number of nitrogens with one attached hydrogen (secondary N) is 1. The van der Waals surface area contributed by atoms with E-state index in [1.807, 2.05) is 44.6 Å². The molecule has 26 heavy (non-hydrogen) atoms. The molecule has 0 aliphatic rings. The van der Waals surface area contributed by atoms with Gasteiger partial charge in [0.2, 0.25) is 5.91 Å². The number of aryl methyl sites for hydroxylation is 4. The molecule has 3 aromatic rings. The molecule has 1 N–H and O–H groups in total. The largest absolute Gasteiger partial charge is 0.350 e. The Kier molecular flexibility index (Phi) is 5.02. The minimum atomic E-state index is -0.0560. The quantitative estimate of drug-likeness (QED) is 0.767. The fraction of sp³-hybridized carbons (Fsp3) is 0.400. The van der Waals surface area contributed by atoms with E-state index < -0.39 is 0 Å². The zero-order valence-corrected chi connectivity index (χ0v) is 16.0. The van der Waals surface area contributed by atoms with Gasteiger partial charge in [-0.2, -0.15) is 5.10 Å². The third-order valence-electron chi connectivity index (χ3n) is 4.89. The van der Waals surface area contributed by atoms with Crippen LogP contribution in [0.5, 0.6) is 0 Å². The van der Waals surface area contributed by atoms with Gasteiger partial charge in [0, 0.05) is 36.9 Å². The Morgan fingerprint density at radius 3 is 2.73 bits per heavy atom. The highest BCUT2D eigenvalue weighted by Crippen LogP contribution is 2.26. The van der Waals surface area contributed by atoms with E-state index in [9.17, 15) is 4.79 Å². The molecule has 6 heteroatoms. The summed E-state index contributed by atoms with van der Waals surface area (Å²) >= 11 is 0. The van der Waals surface area contributed by atoms with Gasteiger partial charge in [-0.1, -0.05) is 6.07 Å². The lowest BCUT2D eigenvalue weighted by atomic mass is 9.99. The second kappa shape index (κ2) is 7.23. The van der Waals surface area contributed by atoms with Crippen molar-refractivity contribution < 1.29 is 4.79 Å². The number of nitrogens with zero attached hydrogens (tertiary/aromatic N) is 4. The van der Waals surface area contributed by atoms with Gasteiger partial charge in [0.15, 0.2) is 5.65 Å². The highest BCUT2D eigenvalue weighted by atomic mass is 16.1. The molecule has 0 saturated carbocycles. The van der Waals surface area contributed by atoms with Gasteiger partial charge in [-0.15, -0.1) is 0 Å². The number of amides is 1. The van der Waals surface area contributed by atoms with Crippen molar-refractivity contribution in [3.05, 3.63) is 52.6 Å². The molecule has 1 unspecified atom stereocenters. The molecule has 3 heterocycles. The van der Waals surface area contributed by atoms with Crippen molar-refractivity contribution in [3.63, 3.8) is 0 Å². The summed E-state index contributed by atoms with van der Waals surface area (Å²) in [5.41, 5.74) is 6.15. The van der Waals surface area contributed by atoms with Crippen molar-refractivity contribution in [1.29, 1.82) is 0 Å². The van der Waals surface area contributed by atoms with Crippen molar-refractivity contribution in [2.45, 2.75) is 46.6 Å². The standard InChI is InChI=1S/C20H25N5O/c1-12-17(14(3)23-20-19(12)15(4)24-25(20)5)8-9-18(26)22-13(2)16-7-6-10-21-11-16/h6-7,10-11,13H,8-9H2,1-5H3,(H,22,26). The van der Waals surface area contributed by atoms with E-state index >= 15 is 0 Å². The van der Waals surface area contributed by atoms with Crippen molar-refractivity contribution in [3.8, 4) is 0 Å². The van der Waals surface area contributed by atoms with Crippen LogP contribution in [0.1, 0.15) is 47.5 Å². The van der Waals surface area contributed by atoms with Crippen LogP contribution in [0.25, 0.3) is 11.0 Å². The second-order valence-corrected chi connectivity index (χ2v) is 6.78. The fourth-order valence-corrected chi connectivity index (χ4v) is 3.50. The molecule has 0 spiro atoms. The molecule has 0 aromatic carbocycles. The number of rotatable bonds is 5. The van der Waals surface area contributed by atoms with Crippen LogP contribution in [0.2, 0.25) is 0 Å². The van der Waals surface area contributed by atoms with Gasteiger partial charge in [-0.25, -0.2) is 4.98 Å². The Bertz CT molecular complexity index is 946. The number of carbonyl (C=O) groups is 1. The van der Waals surface area contributed by atoms with Gasteiger partial charge >= 0.3 is 0 Å². The van der Waals surface area contributed by atoms with E-state index in [0.717, 1.165) is 33.5 Å². The smallest absolute Gasteiger partial charge is 0.220 e. The molecule has 0 bridgehead atoms. The van der Waals surface area contributed by atoms with E-state index in [1.54, 1.807) is 12.4 Å². The number of fused-ring (bicyclic) bond motifs is 1. The number of hydrogen-bond acceptors (Lipinski definition) is 4. The van der Waals surface area contributed by atoms with Crippen LogP contribution < -0.4 is 5.32 Å². The van der Waals surface area contributed by atoms with E-state index in [1.165, 1.54) is 5.56 Å². The Hall–Kier alpha value is -2.76. The average molecular weight is 351 g/mol. The molecule has 1 atom stereocenters. The predicted molar refractivity (Wildman–Crippen MR) is 102 cm³/mol. The normalized spacial score (nSPS) is 12.3. The summed E-state index contributed by atoms with van der Waals surface area (Å²) in [6.45, 7) is 8.06. The van der Waals surface area contributed by atoms with Crippen LogP contribution in [-0.2, 0) is 18.3 Å². The van der Waals surface area contributed by atoms with Crippen LogP contribution in [0, 0.1) is 20.8 Å². The Balaban J connectivity index is 1.73. The average Bonchev–Trinajstić information content (AvgIpc) is 2.89. The van der Waals surface area contributed by atoms with Crippen molar-refractivity contribution in [2.75, 3.05) is 0 Å². The van der Waals surface area contributed by atoms with Gasteiger partial charge in [0.05, 0.1) is 11.7 Å². The zero-order valence-electron chi connectivity index (χ0n) is 16.0. The molecule has 136 valence electrons. The molecule has 0 aliphatic heterocycles. The lowest BCUT2D eigenvalue weighted by Crippen LogP contribution is -2.27. The Labute approximate surface area is 153 Å². The summed E-state index contributed by atoms with van der Waals surface area (Å²) in [7, 11) is 1.91. The summed E-state index contributed by atoms with van der Waals surface area (Å²) < 4.78 is 1.82. The molecule has 3 aromatic heterocycles. The van der Waals surface area contributed by atoms with Gasteiger partial charge in [0.25, 0.3) is 0 Å². The van der Waals surface area contributed by atoms with Gasteiger partial charge in [-0.05, 0) is 56.9 Å². The molecular weight excluding hydrogens is 326 g/mol. The maximum atomic E-state index is 12.4. The monoisotopic (exact) mass is 351 g/mol. The predicted octanol–water partition coefficient (Wildman–Crippen LogP) is 3.10. The Morgan fingerprint density at radius 2 is 2.04 bits per heavy atom. The maximum Gasteiger partial charge on any atom is 0.220 e. The molecule has 0 aliphatic carbocycles. The summed E-state index contributed by atoms with van der Waals surface area (Å²) in [6, 6.07) is 3.79. The van der Waals surface area contributed by atoms with Gasteiger partial charge < -0.3 is 5.32 Å². The molecule has 3 rings (SSSR count). The molecule has 6 nitrogen and oxygen atoms in total. The number of pyridine rings is 2. The first kappa shape index (κ1) is 18.0. The first-order chi connectivity index (χ1) is 12.4. The molecule has 0 radical (unpaired) electrons. The summed E-state index contributed by atoms with van der Waals surface area (Å²) in [5, 5.41) is 8.61. The molecule has 0 fully saturated rings. The van der Waals surface area contributed by atoms with Crippen molar-refractivity contribution in [1.82, 2.24) is 25.1 Å². The lowest BCUT2D eigenvalue weighted by molar-refractivity contribution is -0.121. The summed E-state index contributed by atoms with van der Waals surface area (Å²) in [5.74, 6) is 0.0307. The lowest BCUT2D eigenvalue weighted by Gasteiger charge is -2.15. The maximum absolute atomic E-state index is 12.4. The molecule has 0 saturated heterocycles. The molecular formula is C20H25N5O. The SMILES string of the molecule is Cc1nc2c(c(C)nn2C)c(C)c1CCC(=O)NC(C)c1cccnc1. The third kappa shape index (κ3) is 3.45. The number of aromatic nitrogens is 4.